The van der Waals surface area contributed by atoms with E-state index in [0.29, 0.717) is 42.3 Å². The molecule has 168 valence electrons. The highest BCUT2D eigenvalue weighted by molar-refractivity contribution is 5.89. The molecule has 4 nitrogen and oxygen atoms in total. The van der Waals surface area contributed by atoms with Crippen molar-refractivity contribution in [2.24, 2.45) is 0 Å². The second-order valence-electron chi connectivity index (χ2n) is 7.17. The molecule has 3 aromatic rings. The third-order valence-corrected chi connectivity index (χ3v) is 4.58. The summed E-state index contributed by atoms with van der Waals surface area (Å²) in [6.07, 6.45) is -3.11. The van der Waals surface area contributed by atoms with Gasteiger partial charge in [0.1, 0.15) is 17.2 Å². The Morgan fingerprint density at radius 1 is 0.844 bits per heavy atom. The average molecular weight is 444 g/mol. The van der Waals surface area contributed by atoms with E-state index in [1.54, 1.807) is 48.5 Å². The monoisotopic (exact) mass is 444 g/mol. The fourth-order valence-corrected chi connectivity index (χ4v) is 2.92. The Hall–Kier alpha value is -3.48. The Kier molecular flexibility index (Phi) is 7.76. The van der Waals surface area contributed by atoms with E-state index < -0.39 is 11.7 Å². The standard InChI is InChI=1S/C25H23F3O4/c1-18(6-5-17-30-24(29)19-7-3-2-4-8-19)31-21-13-15-23(16-14-21)32-22-11-9-20(10-12-22)25(26,27)28/h2-4,7-16,18H,5-6,17H2,1H3. The zero-order valence-electron chi connectivity index (χ0n) is 17.5. The highest BCUT2D eigenvalue weighted by atomic mass is 19.4. The maximum atomic E-state index is 12.6. The third kappa shape index (κ3) is 7.04. The van der Waals surface area contributed by atoms with Crippen molar-refractivity contribution >= 4 is 5.97 Å². The molecule has 0 aromatic heterocycles. The fraction of sp³-hybridized carbons (Fsp3) is 0.240. The summed E-state index contributed by atoms with van der Waals surface area (Å²) in [4.78, 5) is 11.9. The number of carbonyl (C=O) groups excluding carboxylic acids is 1. The topological polar surface area (TPSA) is 44.8 Å². The second-order valence-corrected chi connectivity index (χ2v) is 7.17. The lowest BCUT2D eigenvalue weighted by Gasteiger charge is -2.15. The minimum absolute atomic E-state index is 0.0906. The summed E-state index contributed by atoms with van der Waals surface area (Å²) in [5.74, 6) is 1.09. The normalized spacial score (nSPS) is 12.1. The van der Waals surface area contributed by atoms with Gasteiger partial charge in [0.2, 0.25) is 0 Å². The van der Waals surface area contributed by atoms with Gasteiger partial charge in [0.15, 0.2) is 0 Å². The van der Waals surface area contributed by atoms with Gasteiger partial charge in [0.05, 0.1) is 23.8 Å². The molecule has 0 saturated heterocycles. The van der Waals surface area contributed by atoms with Gasteiger partial charge in [-0.05, 0) is 80.4 Å². The molecule has 0 radical (unpaired) electrons. The van der Waals surface area contributed by atoms with E-state index in [2.05, 4.69) is 0 Å². The number of alkyl halides is 3. The van der Waals surface area contributed by atoms with E-state index in [4.69, 9.17) is 14.2 Å². The van der Waals surface area contributed by atoms with E-state index in [9.17, 15) is 18.0 Å². The number of rotatable bonds is 9. The molecule has 0 N–H and O–H groups in total. The molecular weight excluding hydrogens is 421 g/mol. The van der Waals surface area contributed by atoms with Crippen LogP contribution in [0.15, 0.2) is 78.9 Å². The molecule has 3 rings (SSSR count). The molecule has 0 spiro atoms. The van der Waals surface area contributed by atoms with E-state index in [1.165, 1.54) is 12.1 Å². The van der Waals surface area contributed by atoms with Gasteiger partial charge in [-0.25, -0.2) is 4.79 Å². The molecule has 1 atom stereocenters. The van der Waals surface area contributed by atoms with Crippen molar-refractivity contribution in [3.63, 3.8) is 0 Å². The minimum atomic E-state index is -4.38. The van der Waals surface area contributed by atoms with Crippen LogP contribution in [-0.2, 0) is 10.9 Å². The summed E-state index contributed by atoms with van der Waals surface area (Å²) in [5, 5.41) is 0. The molecule has 32 heavy (non-hydrogen) atoms. The van der Waals surface area contributed by atoms with Crippen molar-refractivity contribution in [3.8, 4) is 17.2 Å². The number of hydrogen-bond acceptors (Lipinski definition) is 4. The second kappa shape index (κ2) is 10.7. The van der Waals surface area contributed by atoms with Crippen LogP contribution in [0.25, 0.3) is 0 Å². The van der Waals surface area contributed by atoms with Crippen LogP contribution in [0.3, 0.4) is 0 Å². The molecule has 0 heterocycles. The SMILES string of the molecule is CC(CCCOC(=O)c1ccccc1)Oc1ccc(Oc2ccc(C(F)(F)F)cc2)cc1. The Bertz CT molecular complexity index is 984. The first-order chi connectivity index (χ1) is 15.3. The van der Waals surface area contributed by atoms with Crippen LogP contribution in [0.5, 0.6) is 17.2 Å². The summed E-state index contributed by atoms with van der Waals surface area (Å²) in [7, 11) is 0. The number of ether oxygens (including phenoxy) is 3. The Labute approximate surface area is 184 Å². The predicted molar refractivity (Wildman–Crippen MR) is 114 cm³/mol. The van der Waals surface area contributed by atoms with Gasteiger partial charge >= 0.3 is 12.1 Å². The van der Waals surface area contributed by atoms with Crippen molar-refractivity contribution in [1.29, 1.82) is 0 Å². The molecule has 1 unspecified atom stereocenters. The number of carbonyl (C=O) groups is 1. The van der Waals surface area contributed by atoms with Gasteiger partial charge in [-0.1, -0.05) is 18.2 Å². The van der Waals surface area contributed by atoms with Gasteiger partial charge in [-0.15, -0.1) is 0 Å². The zero-order valence-corrected chi connectivity index (χ0v) is 17.5. The largest absolute Gasteiger partial charge is 0.491 e. The quantitative estimate of drug-likeness (QED) is 0.266. The van der Waals surface area contributed by atoms with Crippen LogP contribution in [0, 0.1) is 0 Å². The molecular formula is C25H23F3O4. The summed E-state index contributed by atoms with van der Waals surface area (Å²) < 4.78 is 54.5. The van der Waals surface area contributed by atoms with Crippen molar-refractivity contribution in [2.45, 2.75) is 32.0 Å². The van der Waals surface area contributed by atoms with Crippen LogP contribution < -0.4 is 9.47 Å². The van der Waals surface area contributed by atoms with Crippen LogP contribution in [-0.4, -0.2) is 18.7 Å². The Balaban J connectivity index is 1.40. The first-order valence-electron chi connectivity index (χ1n) is 10.2. The van der Waals surface area contributed by atoms with Crippen LogP contribution in [0.2, 0.25) is 0 Å². The highest BCUT2D eigenvalue weighted by Gasteiger charge is 2.30. The molecule has 0 fully saturated rings. The molecule has 7 heteroatoms. The van der Waals surface area contributed by atoms with Gasteiger partial charge in [0.25, 0.3) is 0 Å². The first-order valence-corrected chi connectivity index (χ1v) is 10.2. The number of hydrogen-bond donors (Lipinski definition) is 0. The first kappa shape index (κ1) is 23.2. The summed E-state index contributed by atoms with van der Waals surface area (Å²) in [5.41, 5.74) is -0.201. The molecule has 0 amide bonds. The van der Waals surface area contributed by atoms with E-state index in [1.807, 2.05) is 13.0 Å². The smallest absolute Gasteiger partial charge is 0.416 e. The van der Waals surface area contributed by atoms with Gasteiger partial charge in [-0.3, -0.25) is 0 Å². The van der Waals surface area contributed by atoms with Gasteiger partial charge in [0, 0.05) is 0 Å². The summed E-state index contributed by atoms with van der Waals surface area (Å²) >= 11 is 0. The highest BCUT2D eigenvalue weighted by Crippen LogP contribution is 2.31. The maximum absolute atomic E-state index is 12.6. The fourth-order valence-electron chi connectivity index (χ4n) is 2.92. The average Bonchev–Trinajstić information content (AvgIpc) is 2.78. The lowest BCUT2D eigenvalue weighted by atomic mass is 10.2. The Morgan fingerprint density at radius 2 is 1.41 bits per heavy atom. The number of esters is 1. The molecule has 0 aliphatic rings. The van der Waals surface area contributed by atoms with Crippen LogP contribution in [0.1, 0.15) is 35.7 Å². The lowest BCUT2D eigenvalue weighted by Crippen LogP contribution is -2.14. The zero-order chi connectivity index (χ0) is 23.0. The third-order valence-electron chi connectivity index (χ3n) is 4.58. The minimum Gasteiger partial charge on any atom is -0.491 e. The molecule has 0 saturated carbocycles. The summed E-state index contributed by atoms with van der Waals surface area (Å²) in [6, 6.07) is 20.1. The molecule has 3 aromatic carbocycles. The maximum Gasteiger partial charge on any atom is 0.416 e. The van der Waals surface area contributed by atoms with E-state index in [-0.39, 0.29) is 12.1 Å². The van der Waals surface area contributed by atoms with Crippen molar-refractivity contribution in [3.05, 3.63) is 90.0 Å². The van der Waals surface area contributed by atoms with Gasteiger partial charge in [-0.2, -0.15) is 13.2 Å². The summed E-state index contributed by atoms with van der Waals surface area (Å²) in [6.45, 7) is 2.23. The van der Waals surface area contributed by atoms with Crippen molar-refractivity contribution in [2.75, 3.05) is 6.61 Å². The van der Waals surface area contributed by atoms with E-state index in [0.717, 1.165) is 12.1 Å². The number of benzene rings is 3. The lowest BCUT2D eigenvalue weighted by molar-refractivity contribution is -0.137. The number of halogens is 3. The predicted octanol–water partition coefficient (Wildman–Crippen LogP) is 6.90. The van der Waals surface area contributed by atoms with Gasteiger partial charge < -0.3 is 14.2 Å². The van der Waals surface area contributed by atoms with Crippen LogP contribution >= 0.6 is 0 Å². The van der Waals surface area contributed by atoms with E-state index >= 15 is 0 Å². The van der Waals surface area contributed by atoms with Crippen LogP contribution in [0.4, 0.5) is 13.2 Å². The molecule has 0 bridgehead atoms. The van der Waals surface area contributed by atoms with Crippen molar-refractivity contribution < 1.29 is 32.2 Å². The molecule has 0 aliphatic carbocycles. The Morgan fingerprint density at radius 3 is 2.00 bits per heavy atom. The molecule has 0 aliphatic heterocycles. The van der Waals surface area contributed by atoms with Crippen molar-refractivity contribution in [1.82, 2.24) is 0 Å².